The minimum Gasteiger partial charge on any atom is -0.344 e. The molecule has 0 aromatic carbocycles. The number of hydrogen-bond acceptors (Lipinski definition) is 2. The summed E-state index contributed by atoms with van der Waals surface area (Å²) in [5.74, 6) is 0.00767. The molecule has 1 fully saturated rings. The van der Waals surface area contributed by atoms with Crippen LogP contribution in [-0.4, -0.2) is 36.3 Å². The molecule has 1 N–H and O–H groups in total. The number of carbonyl (C=O) groups excluding carboxylic acids is 2. The molecule has 0 aliphatic carbocycles. The van der Waals surface area contributed by atoms with Gasteiger partial charge in [-0.05, 0) is 11.8 Å². The SMILES string of the molecule is CN(CC(C)(C)C)C(=O)C1CCC(=O)N1. The number of hydrogen-bond donors (Lipinski definition) is 1. The average molecular weight is 212 g/mol. The van der Waals surface area contributed by atoms with E-state index >= 15 is 0 Å². The number of amides is 2. The first-order valence-corrected chi connectivity index (χ1v) is 5.34. The molecule has 1 atom stereocenters. The van der Waals surface area contributed by atoms with Crippen molar-refractivity contribution in [3.63, 3.8) is 0 Å². The lowest BCUT2D eigenvalue weighted by atomic mass is 9.96. The molecule has 1 heterocycles. The molecule has 1 aliphatic heterocycles. The van der Waals surface area contributed by atoms with Crippen LogP contribution in [0.5, 0.6) is 0 Å². The van der Waals surface area contributed by atoms with Crippen LogP contribution in [0, 0.1) is 5.41 Å². The Bertz CT molecular complexity index is 268. The predicted molar refractivity (Wildman–Crippen MR) is 58.3 cm³/mol. The van der Waals surface area contributed by atoms with Gasteiger partial charge in [-0.25, -0.2) is 0 Å². The van der Waals surface area contributed by atoms with Crippen molar-refractivity contribution in [1.82, 2.24) is 10.2 Å². The zero-order chi connectivity index (χ0) is 11.6. The Morgan fingerprint density at radius 1 is 1.53 bits per heavy atom. The first-order chi connectivity index (χ1) is 6.79. The third-order valence-corrected chi connectivity index (χ3v) is 2.38. The van der Waals surface area contributed by atoms with Crippen molar-refractivity contribution in [2.75, 3.05) is 13.6 Å². The number of likely N-dealkylation sites (N-methyl/N-ethyl adjacent to an activating group) is 1. The second-order valence-corrected chi connectivity index (χ2v) is 5.41. The van der Waals surface area contributed by atoms with E-state index < -0.39 is 0 Å². The quantitative estimate of drug-likeness (QED) is 0.735. The van der Waals surface area contributed by atoms with E-state index in [-0.39, 0.29) is 23.3 Å². The van der Waals surface area contributed by atoms with Gasteiger partial charge in [0.1, 0.15) is 6.04 Å². The van der Waals surface area contributed by atoms with E-state index in [1.54, 1.807) is 11.9 Å². The van der Waals surface area contributed by atoms with Gasteiger partial charge in [0.2, 0.25) is 11.8 Å². The topological polar surface area (TPSA) is 49.4 Å². The van der Waals surface area contributed by atoms with Crippen molar-refractivity contribution in [3.05, 3.63) is 0 Å². The van der Waals surface area contributed by atoms with E-state index in [0.29, 0.717) is 19.4 Å². The van der Waals surface area contributed by atoms with Crippen LogP contribution in [0.3, 0.4) is 0 Å². The summed E-state index contributed by atoms with van der Waals surface area (Å²) in [6.07, 6.45) is 1.10. The number of carbonyl (C=O) groups is 2. The van der Waals surface area contributed by atoms with E-state index in [1.807, 2.05) is 0 Å². The van der Waals surface area contributed by atoms with Crippen molar-refractivity contribution in [2.45, 2.75) is 39.7 Å². The fourth-order valence-corrected chi connectivity index (χ4v) is 1.85. The highest BCUT2D eigenvalue weighted by Gasteiger charge is 2.30. The summed E-state index contributed by atoms with van der Waals surface area (Å²) in [4.78, 5) is 24.6. The standard InChI is InChI=1S/C11H20N2O2/c1-11(2,3)7-13(4)10(15)8-5-6-9(14)12-8/h8H,5-7H2,1-4H3,(H,12,14). The first-order valence-electron chi connectivity index (χ1n) is 5.34. The largest absolute Gasteiger partial charge is 0.344 e. The van der Waals surface area contributed by atoms with Crippen LogP contribution in [-0.2, 0) is 9.59 Å². The van der Waals surface area contributed by atoms with Gasteiger partial charge in [-0.1, -0.05) is 20.8 Å². The lowest BCUT2D eigenvalue weighted by Gasteiger charge is -2.28. The Hall–Kier alpha value is -1.06. The second-order valence-electron chi connectivity index (χ2n) is 5.41. The Labute approximate surface area is 91.0 Å². The van der Waals surface area contributed by atoms with Gasteiger partial charge < -0.3 is 10.2 Å². The van der Waals surface area contributed by atoms with Crippen LogP contribution < -0.4 is 5.32 Å². The summed E-state index contributed by atoms with van der Waals surface area (Å²) < 4.78 is 0. The van der Waals surface area contributed by atoms with Crippen LogP contribution in [0.25, 0.3) is 0 Å². The first kappa shape index (κ1) is 12.0. The zero-order valence-electron chi connectivity index (χ0n) is 9.96. The monoisotopic (exact) mass is 212 g/mol. The van der Waals surface area contributed by atoms with Crippen molar-refractivity contribution in [1.29, 1.82) is 0 Å². The molecule has 4 heteroatoms. The van der Waals surface area contributed by atoms with Crippen molar-refractivity contribution in [3.8, 4) is 0 Å². The van der Waals surface area contributed by atoms with Gasteiger partial charge in [0, 0.05) is 20.0 Å². The fraction of sp³-hybridized carbons (Fsp3) is 0.818. The van der Waals surface area contributed by atoms with E-state index in [9.17, 15) is 9.59 Å². The molecule has 15 heavy (non-hydrogen) atoms. The van der Waals surface area contributed by atoms with Crippen molar-refractivity contribution >= 4 is 11.8 Å². The number of nitrogens with zero attached hydrogens (tertiary/aromatic N) is 1. The Balaban J connectivity index is 2.50. The Morgan fingerprint density at radius 3 is 2.53 bits per heavy atom. The van der Waals surface area contributed by atoms with Gasteiger partial charge in [-0.3, -0.25) is 9.59 Å². The lowest BCUT2D eigenvalue weighted by Crippen LogP contribution is -2.45. The molecule has 0 saturated carbocycles. The molecule has 0 radical (unpaired) electrons. The zero-order valence-corrected chi connectivity index (χ0v) is 9.96. The van der Waals surface area contributed by atoms with Gasteiger partial charge in [0.15, 0.2) is 0 Å². The molecule has 2 amide bonds. The summed E-state index contributed by atoms with van der Waals surface area (Å²) in [6, 6.07) is -0.301. The molecule has 4 nitrogen and oxygen atoms in total. The fourth-order valence-electron chi connectivity index (χ4n) is 1.85. The van der Waals surface area contributed by atoms with Crippen LogP contribution in [0.2, 0.25) is 0 Å². The Morgan fingerprint density at radius 2 is 2.13 bits per heavy atom. The van der Waals surface area contributed by atoms with Crippen LogP contribution in [0.4, 0.5) is 0 Å². The minimum atomic E-state index is -0.301. The van der Waals surface area contributed by atoms with Gasteiger partial charge in [-0.2, -0.15) is 0 Å². The smallest absolute Gasteiger partial charge is 0.244 e. The molecule has 0 spiro atoms. The van der Waals surface area contributed by atoms with Crippen LogP contribution in [0.1, 0.15) is 33.6 Å². The summed E-state index contributed by atoms with van der Waals surface area (Å²) in [6.45, 7) is 6.97. The van der Waals surface area contributed by atoms with E-state index in [2.05, 4.69) is 26.1 Å². The maximum absolute atomic E-state index is 11.9. The van der Waals surface area contributed by atoms with E-state index in [0.717, 1.165) is 0 Å². The minimum absolute atomic E-state index is 0.0162. The van der Waals surface area contributed by atoms with Crippen molar-refractivity contribution < 1.29 is 9.59 Å². The third-order valence-electron chi connectivity index (χ3n) is 2.38. The molecule has 1 aliphatic rings. The molecule has 0 aromatic heterocycles. The maximum Gasteiger partial charge on any atom is 0.244 e. The molecule has 1 rings (SSSR count). The summed E-state index contributed by atoms with van der Waals surface area (Å²) in [7, 11) is 1.79. The molecular formula is C11H20N2O2. The number of rotatable bonds is 2. The molecule has 0 aromatic rings. The highest BCUT2D eigenvalue weighted by Crippen LogP contribution is 2.16. The van der Waals surface area contributed by atoms with Crippen molar-refractivity contribution in [2.24, 2.45) is 5.41 Å². The summed E-state index contributed by atoms with van der Waals surface area (Å²) >= 11 is 0. The van der Waals surface area contributed by atoms with Gasteiger partial charge in [-0.15, -0.1) is 0 Å². The maximum atomic E-state index is 11.9. The Kier molecular flexibility index (Phi) is 3.37. The highest BCUT2D eigenvalue weighted by atomic mass is 16.2. The van der Waals surface area contributed by atoms with Gasteiger partial charge in [0.05, 0.1) is 0 Å². The van der Waals surface area contributed by atoms with E-state index in [1.165, 1.54) is 0 Å². The highest BCUT2D eigenvalue weighted by molar-refractivity contribution is 5.90. The molecule has 1 saturated heterocycles. The molecule has 86 valence electrons. The summed E-state index contributed by atoms with van der Waals surface area (Å²) in [5, 5.41) is 2.69. The predicted octanol–water partition coefficient (Wildman–Crippen LogP) is 0.769. The van der Waals surface area contributed by atoms with Gasteiger partial charge >= 0.3 is 0 Å². The average Bonchev–Trinajstić information content (AvgIpc) is 2.47. The van der Waals surface area contributed by atoms with Gasteiger partial charge in [0.25, 0.3) is 0 Å². The molecular weight excluding hydrogens is 192 g/mol. The van der Waals surface area contributed by atoms with E-state index in [4.69, 9.17) is 0 Å². The molecule has 0 bridgehead atoms. The van der Waals surface area contributed by atoms with Crippen LogP contribution >= 0.6 is 0 Å². The summed E-state index contributed by atoms with van der Waals surface area (Å²) in [5.41, 5.74) is 0.0903. The lowest BCUT2D eigenvalue weighted by molar-refractivity contribution is -0.134. The number of nitrogens with one attached hydrogen (secondary N) is 1. The van der Waals surface area contributed by atoms with Crippen LogP contribution in [0.15, 0.2) is 0 Å². The third kappa shape index (κ3) is 3.53. The normalized spacial score (nSPS) is 21.3. The second kappa shape index (κ2) is 4.21. The molecule has 1 unspecified atom stereocenters.